The number of carbonyl (C=O) groups is 1. The SMILES string of the molecule is C=C(C)C(=O)OC(CC)C[Si](C)Cl. The second-order valence-corrected chi connectivity index (χ2v) is 6.79. The number of rotatable bonds is 5. The highest BCUT2D eigenvalue weighted by Crippen LogP contribution is 2.11. The van der Waals surface area contributed by atoms with E-state index in [1.54, 1.807) is 6.92 Å². The minimum atomic E-state index is -0.851. The standard InChI is InChI=1S/C9H16ClO2Si/c1-5-8(6-13(4)10)12-9(11)7(2)3/h8H,2,5-6H2,1,3-4H3. The van der Waals surface area contributed by atoms with E-state index in [2.05, 4.69) is 6.58 Å². The first-order valence-corrected chi connectivity index (χ1v) is 7.53. The van der Waals surface area contributed by atoms with Crippen molar-refractivity contribution >= 4 is 25.2 Å². The van der Waals surface area contributed by atoms with Gasteiger partial charge in [0.25, 0.3) is 0 Å². The van der Waals surface area contributed by atoms with Gasteiger partial charge >= 0.3 is 5.97 Å². The van der Waals surface area contributed by atoms with Crippen molar-refractivity contribution in [3.63, 3.8) is 0 Å². The van der Waals surface area contributed by atoms with E-state index in [4.69, 9.17) is 15.8 Å². The van der Waals surface area contributed by atoms with Crippen LogP contribution in [0.2, 0.25) is 12.6 Å². The highest BCUT2D eigenvalue weighted by molar-refractivity contribution is 7.06. The predicted molar refractivity (Wildman–Crippen MR) is 57.3 cm³/mol. The van der Waals surface area contributed by atoms with Crippen LogP contribution in [0.15, 0.2) is 12.2 Å². The summed E-state index contributed by atoms with van der Waals surface area (Å²) in [6.07, 6.45) is 0.772. The zero-order valence-corrected chi connectivity index (χ0v) is 10.1. The molecule has 4 heteroatoms. The minimum absolute atomic E-state index is 0.0411. The molecule has 1 unspecified atom stereocenters. The van der Waals surface area contributed by atoms with Crippen LogP contribution in [0.3, 0.4) is 0 Å². The Labute approximate surface area is 86.2 Å². The molecule has 0 saturated carbocycles. The predicted octanol–water partition coefficient (Wildman–Crippen LogP) is 2.74. The third-order valence-electron chi connectivity index (χ3n) is 1.59. The van der Waals surface area contributed by atoms with Gasteiger partial charge in [-0.2, -0.15) is 11.1 Å². The van der Waals surface area contributed by atoms with E-state index < -0.39 is 8.11 Å². The van der Waals surface area contributed by atoms with Crippen LogP contribution in [0.1, 0.15) is 20.3 Å². The molecule has 0 bridgehead atoms. The number of ether oxygens (including phenoxy) is 1. The van der Waals surface area contributed by atoms with Crippen LogP contribution in [-0.4, -0.2) is 20.2 Å². The molecule has 0 saturated heterocycles. The van der Waals surface area contributed by atoms with Crippen molar-refractivity contribution in [1.29, 1.82) is 0 Å². The van der Waals surface area contributed by atoms with E-state index in [0.717, 1.165) is 12.5 Å². The van der Waals surface area contributed by atoms with Gasteiger partial charge in [-0.15, -0.1) is 0 Å². The van der Waals surface area contributed by atoms with Gasteiger partial charge in [-0.1, -0.05) is 20.0 Å². The molecule has 0 fully saturated rings. The highest BCUT2D eigenvalue weighted by Gasteiger charge is 2.16. The van der Waals surface area contributed by atoms with Crippen LogP contribution in [0.5, 0.6) is 0 Å². The lowest BCUT2D eigenvalue weighted by Crippen LogP contribution is -2.21. The van der Waals surface area contributed by atoms with E-state index >= 15 is 0 Å². The fraction of sp³-hybridized carbons (Fsp3) is 0.667. The third kappa shape index (κ3) is 5.88. The molecule has 75 valence electrons. The van der Waals surface area contributed by atoms with Crippen molar-refractivity contribution in [2.75, 3.05) is 0 Å². The Kier molecular flexibility index (Phi) is 6.08. The highest BCUT2D eigenvalue weighted by atomic mass is 35.6. The van der Waals surface area contributed by atoms with Gasteiger partial charge in [0.1, 0.15) is 6.10 Å². The summed E-state index contributed by atoms with van der Waals surface area (Å²) in [5.74, 6) is -0.313. The number of hydrogen-bond donors (Lipinski definition) is 0. The Hall–Kier alpha value is -0.283. The molecule has 0 aromatic carbocycles. The Morgan fingerprint density at radius 1 is 1.69 bits per heavy atom. The van der Waals surface area contributed by atoms with Crippen molar-refractivity contribution < 1.29 is 9.53 Å². The molecule has 0 aliphatic carbocycles. The van der Waals surface area contributed by atoms with Crippen LogP contribution >= 0.6 is 11.1 Å². The van der Waals surface area contributed by atoms with Crippen LogP contribution in [0.25, 0.3) is 0 Å². The van der Waals surface area contributed by atoms with Crippen LogP contribution < -0.4 is 0 Å². The van der Waals surface area contributed by atoms with Gasteiger partial charge in [-0.25, -0.2) is 4.79 Å². The summed E-state index contributed by atoms with van der Waals surface area (Å²) in [5, 5.41) is 0. The molecular weight excluding hydrogens is 204 g/mol. The van der Waals surface area contributed by atoms with Gasteiger partial charge in [-0.05, 0) is 19.4 Å². The quantitative estimate of drug-likeness (QED) is 0.308. The summed E-state index contributed by atoms with van der Waals surface area (Å²) in [4.78, 5) is 11.1. The van der Waals surface area contributed by atoms with Crippen LogP contribution in [0, 0.1) is 0 Å². The molecule has 0 aliphatic heterocycles. The fourth-order valence-corrected chi connectivity index (χ4v) is 2.35. The first kappa shape index (κ1) is 12.7. The molecule has 2 nitrogen and oxygen atoms in total. The maximum absolute atomic E-state index is 11.1. The molecule has 0 aromatic rings. The van der Waals surface area contributed by atoms with Crippen molar-refractivity contribution in [3.05, 3.63) is 12.2 Å². The normalized spacial score (nSPS) is 12.7. The van der Waals surface area contributed by atoms with Gasteiger partial charge in [0.2, 0.25) is 0 Å². The number of hydrogen-bond acceptors (Lipinski definition) is 2. The van der Waals surface area contributed by atoms with Gasteiger partial charge in [-0.3, -0.25) is 0 Å². The molecule has 0 amide bonds. The lowest BCUT2D eigenvalue weighted by Gasteiger charge is -2.16. The fourth-order valence-electron chi connectivity index (χ4n) is 0.835. The van der Waals surface area contributed by atoms with Gasteiger partial charge in [0, 0.05) is 5.57 Å². The molecule has 0 spiro atoms. The number of halogens is 1. The summed E-state index contributed by atoms with van der Waals surface area (Å²) in [5.41, 5.74) is 0.442. The third-order valence-corrected chi connectivity index (χ3v) is 3.07. The second kappa shape index (κ2) is 6.21. The maximum atomic E-state index is 11.1. The maximum Gasteiger partial charge on any atom is 0.333 e. The smallest absolute Gasteiger partial charge is 0.333 e. The first-order valence-electron chi connectivity index (χ1n) is 4.31. The average molecular weight is 220 g/mol. The van der Waals surface area contributed by atoms with Crippen molar-refractivity contribution in [2.24, 2.45) is 0 Å². The summed E-state index contributed by atoms with van der Waals surface area (Å²) < 4.78 is 5.17. The van der Waals surface area contributed by atoms with Crippen LogP contribution in [-0.2, 0) is 9.53 Å². The van der Waals surface area contributed by atoms with Gasteiger partial charge in [0.05, 0.1) is 0 Å². The zero-order valence-electron chi connectivity index (χ0n) is 8.39. The molecule has 0 heterocycles. The van der Waals surface area contributed by atoms with Gasteiger partial charge in [0.15, 0.2) is 8.11 Å². The van der Waals surface area contributed by atoms with Crippen molar-refractivity contribution in [1.82, 2.24) is 0 Å². The van der Waals surface area contributed by atoms with E-state index in [0.29, 0.717) is 5.57 Å². The Morgan fingerprint density at radius 2 is 2.23 bits per heavy atom. The summed E-state index contributed by atoms with van der Waals surface area (Å²) >= 11 is 5.90. The van der Waals surface area contributed by atoms with E-state index in [9.17, 15) is 4.79 Å². The zero-order chi connectivity index (χ0) is 10.4. The summed E-state index contributed by atoms with van der Waals surface area (Å²) in [6, 6.07) is 0.793. The molecule has 0 rings (SSSR count). The number of esters is 1. The minimum Gasteiger partial charge on any atom is -0.459 e. The first-order chi connectivity index (χ1) is 5.97. The second-order valence-electron chi connectivity index (χ2n) is 3.10. The largest absolute Gasteiger partial charge is 0.459 e. The molecule has 13 heavy (non-hydrogen) atoms. The topological polar surface area (TPSA) is 26.3 Å². The summed E-state index contributed by atoms with van der Waals surface area (Å²) in [7, 11) is -0.851. The molecular formula is C9H16ClO2Si. The molecule has 0 aromatic heterocycles. The molecule has 0 aliphatic rings. The lowest BCUT2D eigenvalue weighted by molar-refractivity contribution is -0.143. The Balaban J connectivity index is 3.97. The molecule has 1 radical (unpaired) electrons. The molecule has 0 N–H and O–H groups in total. The average Bonchev–Trinajstić information content (AvgIpc) is 2.02. The van der Waals surface area contributed by atoms with Crippen molar-refractivity contribution in [3.8, 4) is 0 Å². The van der Waals surface area contributed by atoms with Crippen LogP contribution in [0.4, 0.5) is 0 Å². The monoisotopic (exact) mass is 219 g/mol. The summed E-state index contributed by atoms with van der Waals surface area (Å²) in [6.45, 7) is 9.14. The molecule has 1 atom stereocenters. The van der Waals surface area contributed by atoms with E-state index in [1.807, 2.05) is 13.5 Å². The van der Waals surface area contributed by atoms with E-state index in [1.165, 1.54) is 0 Å². The lowest BCUT2D eigenvalue weighted by atomic mass is 10.3. The van der Waals surface area contributed by atoms with Crippen molar-refractivity contribution in [2.45, 2.75) is 39.0 Å². The Morgan fingerprint density at radius 3 is 2.54 bits per heavy atom. The van der Waals surface area contributed by atoms with Gasteiger partial charge < -0.3 is 4.74 Å². The number of carbonyl (C=O) groups excluding carboxylic acids is 1. The Bertz CT molecular complexity index is 192. The van der Waals surface area contributed by atoms with E-state index in [-0.39, 0.29) is 12.1 Å².